The van der Waals surface area contributed by atoms with Crippen molar-refractivity contribution in [1.82, 2.24) is 5.32 Å². The highest BCUT2D eigenvalue weighted by molar-refractivity contribution is 5.99. The fraction of sp³-hybridized carbons (Fsp3) is 0.462. The molecule has 5 heteroatoms. The molecule has 1 unspecified atom stereocenters. The minimum Gasteiger partial charge on any atom is -0.398 e. The number of rotatable bonds is 6. The van der Waals surface area contributed by atoms with Gasteiger partial charge in [0.2, 0.25) is 0 Å². The first kappa shape index (κ1) is 14.5. The zero-order chi connectivity index (χ0) is 13.5. The molecule has 5 nitrogen and oxygen atoms in total. The van der Waals surface area contributed by atoms with Crippen molar-refractivity contribution in [3.05, 3.63) is 29.3 Å². The van der Waals surface area contributed by atoms with Crippen LogP contribution in [-0.4, -0.2) is 39.4 Å². The first-order valence-electron chi connectivity index (χ1n) is 5.75. The summed E-state index contributed by atoms with van der Waals surface area (Å²) in [7, 11) is 3.17. The molecule has 0 heterocycles. The van der Waals surface area contributed by atoms with Crippen LogP contribution in [-0.2, 0) is 9.47 Å². The number of hydrogen-bond donors (Lipinski definition) is 2. The topological polar surface area (TPSA) is 73.6 Å². The number of nitrogens with two attached hydrogens (primary N) is 1. The van der Waals surface area contributed by atoms with Crippen LogP contribution >= 0.6 is 0 Å². The molecule has 0 aromatic heterocycles. The van der Waals surface area contributed by atoms with Gasteiger partial charge < -0.3 is 20.5 Å². The number of amides is 1. The van der Waals surface area contributed by atoms with E-state index in [0.717, 1.165) is 5.56 Å². The number of nitrogen functional groups attached to an aromatic ring is 1. The van der Waals surface area contributed by atoms with E-state index in [2.05, 4.69) is 5.32 Å². The SMILES string of the molecule is COCC(CNC(=O)c1cccc(C)c1N)OC. The Hall–Kier alpha value is -1.59. The summed E-state index contributed by atoms with van der Waals surface area (Å²) in [6.45, 7) is 2.69. The van der Waals surface area contributed by atoms with Crippen molar-refractivity contribution in [3.63, 3.8) is 0 Å². The number of benzene rings is 1. The highest BCUT2D eigenvalue weighted by Gasteiger charge is 2.13. The average Bonchev–Trinajstić information content (AvgIpc) is 2.37. The molecule has 0 spiro atoms. The molecule has 0 bridgehead atoms. The van der Waals surface area contributed by atoms with Crippen LogP contribution < -0.4 is 11.1 Å². The van der Waals surface area contributed by atoms with Gasteiger partial charge in [0.15, 0.2) is 0 Å². The molecular weight excluding hydrogens is 232 g/mol. The number of para-hydroxylation sites is 1. The van der Waals surface area contributed by atoms with Crippen LogP contribution in [0.2, 0.25) is 0 Å². The Kier molecular flexibility index (Phi) is 5.61. The second kappa shape index (κ2) is 6.98. The van der Waals surface area contributed by atoms with E-state index >= 15 is 0 Å². The summed E-state index contributed by atoms with van der Waals surface area (Å²) in [5.74, 6) is -0.200. The van der Waals surface area contributed by atoms with Crippen LogP contribution in [0.4, 0.5) is 5.69 Å². The van der Waals surface area contributed by atoms with Crippen molar-refractivity contribution >= 4 is 11.6 Å². The lowest BCUT2D eigenvalue weighted by Gasteiger charge is -2.15. The molecule has 18 heavy (non-hydrogen) atoms. The summed E-state index contributed by atoms with van der Waals surface area (Å²) < 4.78 is 10.1. The quantitative estimate of drug-likeness (QED) is 0.740. The smallest absolute Gasteiger partial charge is 0.253 e. The summed E-state index contributed by atoms with van der Waals surface area (Å²) in [5.41, 5.74) is 7.75. The molecule has 0 saturated heterocycles. The Labute approximate surface area is 107 Å². The second-order valence-electron chi connectivity index (χ2n) is 4.06. The van der Waals surface area contributed by atoms with Crippen molar-refractivity contribution < 1.29 is 14.3 Å². The lowest BCUT2D eigenvalue weighted by molar-refractivity contribution is 0.0285. The van der Waals surface area contributed by atoms with Gasteiger partial charge in [0.1, 0.15) is 0 Å². The largest absolute Gasteiger partial charge is 0.398 e. The van der Waals surface area contributed by atoms with E-state index in [-0.39, 0.29) is 12.0 Å². The van der Waals surface area contributed by atoms with E-state index in [1.807, 2.05) is 19.1 Å². The van der Waals surface area contributed by atoms with Gasteiger partial charge in [0.05, 0.1) is 18.3 Å². The molecule has 100 valence electrons. The van der Waals surface area contributed by atoms with Gasteiger partial charge in [-0.3, -0.25) is 4.79 Å². The summed E-state index contributed by atoms with van der Waals surface area (Å²) in [6.07, 6.45) is -0.162. The van der Waals surface area contributed by atoms with Crippen LogP contribution in [0, 0.1) is 6.92 Å². The number of aryl methyl sites for hydroxylation is 1. The maximum Gasteiger partial charge on any atom is 0.253 e. The Balaban J connectivity index is 2.62. The summed E-state index contributed by atoms with van der Waals surface area (Å²) >= 11 is 0. The van der Waals surface area contributed by atoms with Gasteiger partial charge >= 0.3 is 0 Å². The molecule has 0 saturated carbocycles. The lowest BCUT2D eigenvalue weighted by Crippen LogP contribution is -2.35. The molecule has 1 aromatic rings. The van der Waals surface area contributed by atoms with Crippen LogP contribution in [0.5, 0.6) is 0 Å². The molecule has 1 aromatic carbocycles. The van der Waals surface area contributed by atoms with Crippen molar-refractivity contribution in [3.8, 4) is 0 Å². The molecule has 0 aliphatic heterocycles. The zero-order valence-electron chi connectivity index (χ0n) is 11.0. The maximum atomic E-state index is 12.0. The summed E-state index contributed by atoms with van der Waals surface area (Å²) in [5, 5.41) is 2.78. The van der Waals surface area contributed by atoms with Gasteiger partial charge in [-0.15, -0.1) is 0 Å². The normalized spacial score (nSPS) is 12.2. The van der Waals surface area contributed by atoms with E-state index in [1.165, 1.54) is 0 Å². The van der Waals surface area contributed by atoms with E-state index in [1.54, 1.807) is 20.3 Å². The molecule has 0 aliphatic rings. The molecule has 1 amide bonds. The monoisotopic (exact) mass is 252 g/mol. The third-order valence-corrected chi connectivity index (χ3v) is 2.74. The fourth-order valence-electron chi connectivity index (χ4n) is 1.58. The first-order chi connectivity index (χ1) is 8.60. The third-order valence-electron chi connectivity index (χ3n) is 2.74. The van der Waals surface area contributed by atoms with Crippen molar-refractivity contribution in [2.45, 2.75) is 13.0 Å². The zero-order valence-corrected chi connectivity index (χ0v) is 11.0. The molecule has 1 atom stereocenters. The van der Waals surface area contributed by atoms with Gasteiger partial charge in [0, 0.05) is 26.5 Å². The van der Waals surface area contributed by atoms with Gasteiger partial charge in [0.25, 0.3) is 5.91 Å². The first-order valence-corrected chi connectivity index (χ1v) is 5.75. The van der Waals surface area contributed by atoms with Crippen LogP contribution in [0.25, 0.3) is 0 Å². The van der Waals surface area contributed by atoms with E-state index in [0.29, 0.717) is 24.4 Å². The van der Waals surface area contributed by atoms with Gasteiger partial charge in [-0.05, 0) is 18.6 Å². The minimum atomic E-state index is -0.200. The maximum absolute atomic E-state index is 12.0. The number of anilines is 1. The molecule has 3 N–H and O–H groups in total. The predicted molar refractivity (Wildman–Crippen MR) is 70.6 cm³/mol. The van der Waals surface area contributed by atoms with Gasteiger partial charge in [-0.2, -0.15) is 0 Å². The van der Waals surface area contributed by atoms with Crippen molar-refractivity contribution in [2.24, 2.45) is 0 Å². The number of methoxy groups -OCH3 is 2. The molecule has 0 fully saturated rings. The average molecular weight is 252 g/mol. The second-order valence-corrected chi connectivity index (χ2v) is 4.06. The fourth-order valence-corrected chi connectivity index (χ4v) is 1.58. The number of nitrogens with one attached hydrogen (secondary N) is 1. The van der Waals surface area contributed by atoms with Crippen LogP contribution in [0.3, 0.4) is 0 Å². The Morgan fingerprint density at radius 3 is 2.78 bits per heavy atom. The molecule has 1 rings (SSSR count). The Bertz CT molecular complexity index is 407. The molecular formula is C13H20N2O3. The standard InChI is InChI=1S/C13H20N2O3/c1-9-5-4-6-11(12(9)14)13(16)15-7-10(18-3)8-17-2/h4-6,10H,7-8,14H2,1-3H3,(H,15,16). The minimum absolute atomic E-state index is 0.162. The van der Waals surface area contributed by atoms with Gasteiger partial charge in [-0.25, -0.2) is 0 Å². The van der Waals surface area contributed by atoms with E-state index in [4.69, 9.17) is 15.2 Å². The Morgan fingerprint density at radius 1 is 1.44 bits per heavy atom. The highest BCUT2D eigenvalue weighted by Crippen LogP contribution is 2.15. The highest BCUT2D eigenvalue weighted by atomic mass is 16.5. The molecule has 0 radical (unpaired) electrons. The van der Waals surface area contributed by atoms with Gasteiger partial charge in [-0.1, -0.05) is 12.1 Å². The summed E-state index contributed by atoms with van der Waals surface area (Å²) in [6, 6.07) is 5.38. The number of carbonyl (C=O) groups excluding carboxylic acids is 1. The third kappa shape index (κ3) is 3.72. The Morgan fingerprint density at radius 2 is 2.17 bits per heavy atom. The number of ether oxygens (including phenoxy) is 2. The lowest BCUT2D eigenvalue weighted by atomic mass is 10.1. The number of hydrogen-bond acceptors (Lipinski definition) is 4. The van der Waals surface area contributed by atoms with E-state index < -0.39 is 0 Å². The van der Waals surface area contributed by atoms with Crippen LogP contribution in [0.1, 0.15) is 15.9 Å². The van der Waals surface area contributed by atoms with Crippen molar-refractivity contribution in [1.29, 1.82) is 0 Å². The summed E-state index contributed by atoms with van der Waals surface area (Å²) in [4.78, 5) is 12.0. The predicted octanol–water partition coefficient (Wildman–Crippen LogP) is 0.968. The number of carbonyl (C=O) groups is 1. The van der Waals surface area contributed by atoms with E-state index in [9.17, 15) is 4.79 Å². The van der Waals surface area contributed by atoms with Crippen LogP contribution in [0.15, 0.2) is 18.2 Å². The van der Waals surface area contributed by atoms with Crippen molar-refractivity contribution in [2.75, 3.05) is 33.1 Å². The molecule has 0 aliphatic carbocycles.